The summed E-state index contributed by atoms with van der Waals surface area (Å²) in [5, 5.41) is 11.1. The monoisotopic (exact) mass is 474 g/mol. The van der Waals surface area contributed by atoms with Gasteiger partial charge < -0.3 is 16.0 Å². The fraction of sp³-hybridized carbons (Fsp3) is 0.231. The summed E-state index contributed by atoms with van der Waals surface area (Å²) in [4.78, 5) is 41.5. The lowest BCUT2D eigenvalue weighted by molar-refractivity contribution is -0.127. The number of hydrogen-bond donors (Lipinski definition) is 3. The average molecular weight is 475 g/mol. The zero-order valence-electron chi connectivity index (χ0n) is 19.2. The first-order valence-corrected chi connectivity index (χ1v) is 11.9. The maximum Gasteiger partial charge on any atom is 0.248 e. The first-order valence-electron chi connectivity index (χ1n) is 11.0. The SMILES string of the molecule is CC(=O)Nc1ccc2nc(NC(=O)C(NC(=O)Cc3ccc4ccccc4c3)C(C)C)sc2c1. The summed E-state index contributed by atoms with van der Waals surface area (Å²) in [6.45, 7) is 5.22. The predicted molar refractivity (Wildman–Crippen MR) is 137 cm³/mol. The number of thiazole rings is 1. The van der Waals surface area contributed by atoms with Gasteiger partial charge in [-0.15, -0.1) is 0 Å². The molecular formula is C26H26N4O3S. The summed E-state index contributed by atoms with van der Waals surface area (Å²) >= 11 is 1.31. The Balaban J connectivity index is 1.43. The van der Waals surface area contributed by atoms with Crippen molar-refractivity contribution >= 4 is 60.9 Å². The maximum absolute atomic E-state index is 13.0. The van der Waals surface area contributed by atoms with Gasteiger partial charge in [0.15, 0.2) is 5.13 Å². The molecule has 174 valence electrons. The van der Waals surface area contributed by atoms with E-state index in [9.17, 15) is 14.4 Å². The van der Waals surface area contributed by atoms with Gasteiger partial charge in [-0.2, -0.15) is 0 Å². The molecule has 0 aliphatic heterocycles. The number of carbonyl (C=O) groups excluding carboxylic acids is 3. The van der Waals surface area contributed by atoms with Gasteiger partial charge in [0.05, 0.1) is 16.6 Å². The molecule has 4 rings (SSSR count). The molecule has 8 heteroatoms. The van der Waals surface area contributed by atoms with E-state index in [1.807, 2.05) is 62.4 Å². The second-order valence-corrected chi connectivity index (χ2v) is 9.55. The number of amides is 3. The van der Waals surface area contributed by atoms with E-state index in [0.717, 1.165) is 26.6 Å². The van der Waals surface area contributed by atoms with Gasteiger partial charge in [-0.05, 0) is 40.5 Å². The van der Waals surface area contributed by atoms with E-state index in [1.54, 1.807) is 12.1 Å². The van der Waals surface area contributed by atoms with Crippen LogP contribution in [0.25, 0.3) is 21.0 Å². The van der Waals surface area contributed by atoms with Crippen molar-refractivity contribution in [2.24, 2.45) is 5.92 Å². The summed E-state index contributed by atoms with van der Waals surface area (Å²) in [5.74, 6) is -0.797. The molecule has 1 heterocycles. The summed E-state index contributed by atoms with van der Waals surface area (Å²) < 4.78 is 0.836. The van der Waals surface area contributed by atoms with Crippen LogP contribution in [0.1, 0.15) is 26.3 Å². The fourth-order valence-electron chi connectivity index (χ4n) is 3.74. The normalized spacial score (nSPS) is 12.0. The average Bonchev–Trinajstić information content (AvgIpc) is 3.18. The van der Waals surface area contributed by atoms with E-state index in [-0.39, 0.29) is 30.1 Å². The van der Waals surface area contributed by atoms with E-state index in [1.165, 1.54) is 18.3 Å². The number of nitrogens with zero attached hydrogens (tertiary/aromatic N) is 1. The molecule has 0 radical (unpaired) electrons. The van der Waals surface area contributed by atoms with E-state index < -0.39 is 6.04 Å². The van der Waals surface area contributed by atoms with Gasteiger partial charge in [-0.1, -0.05) is 67.6 Å². The molecule has 1 aromatic heterocycles. The Labute approximate surface area is 201 Å². The van der Waals surface area contributed by atoms with Crippen molar-refractivity contribution in [1.82, 2.24) is 10.3 Å². The minimum Gasteiger partial charge on any atom is -0.344 e. The summed E-state index contributed by atoms with van der Waals surface area (Å²) in [7, 11) is 0. The number of fused-ring (bicyclic) bond motifs is 2. The zero-order valence-corrected chi connectivity index (χ0v) is 20.0. The van der Waals surface area contributed by atoms with Gasteiger partial charge in [0.1, 0.15) is 6.04 Å². The second-order valence-electron chi connectivity index (χ2n) is 8.52. The zero-order chi connectivity index (χ0) is 24.2. The number of hydrogen-bond acceptors (Lipinski definition) is 5. The van der Waals surface area contributed by atoms with Crippen molar-refractivity contribution in [3.05, 3.63) is 66.2 Å². The molecular weight excluding hydrogens is 448 g/mol. The van der Waals surface area contributed by atoms with Crippen LogP contribution in [0.15, 0.2) is 60.7 Å². The van der Waals surface area contributed by atoms with Crippen LogP contribution in [0.2, 0.25) is 0 Å². The van der Waals surface area contributed by atoms with Crippen molar-refractivity contribution < 1.29 is 14.4 Å². The quantitative estimate of drug-likeness (QED) is 0.360. The lowest BCUT2D eigenvalue weighted by Crippen LogP contribution is -2.47. The summed E-state index contributed by atoms with van der Waals surface area (Å²) in [6, 6.07) is 18.6. The topological polar surface area (TPSA) is 100 Å². The molecule has 0 saturated heterocycles. The van der Waals surface area contributed by atoms with E-state index in [0.29, 0.717) is 10.8 Å². The van der Waals surface area contributed by atoms with Crippen LogP contribution in [0.3, 0.4) is 0 Å². The highest BCUT2D eigenvalue weighted by atomic mass is 32.1. The van der Waals surface area contributed by atoms with Crippen molar-refractivity contribution in [2.75, 3.05) is 10.6 Å². The second kappa shape index (κ2) is 10.0. The molecule has 34 heavy (non-hydrogen) atoms. The Morgan fingerprint density at radius 3 is 2.44 bits per heavy atom. The Hall–Kier alpha value is -3.78. The molecule has 0 bridgehead atoms. The first kappa shape index (κ1) is 23.4. The summed E-state index contributed by atoms with van der Waals surface area (Å²) in [5.41, 5.74) is 2.28. The molecule has 0 aliphatic carbocycles. The molecule has 0 saturated carbocycles. The maximum atomic E-state index is 13.0. The predicted octanol–water partition coefficient (Wildman–Crippen LogP) is 4.73. The van der Waals surface area contributed by atoms with E-state index >= 15 is 0 Å². The van der Waals surface area contributed by atoms with Crippen LogP contribution in [-0.4, -0.2) is 28.7 Å². The Kier molecular flexibility index (Phi) is 6.88. The highest BCUT2D eigenvalue weighted by molar-refractivity contribution is 7.22. The molecule has 3 aromatic carbocycles. The van der Waals surface area contributed by atoms with E-state index in [4.69, 9.17) is 0 Å². The Morgan fingerprint density at radius 2 is 1.71 bits per heavy atom. The summed E-state index contributed by atoms with van der Waals surface area (Å²) in [6.07, 6.45) is 0.189. The minimum atomic E-state index is -0.699. The molecule has 3 N–H and O–H groups in total. The molecule has 4 aromatic rings. The van der Waals surface area contributed by atoms with Gasteiger partial charge in [0.2, 0.25) is 17.7 Å². The van der Waals surface area contributed by atoms with Gasteiger partial charge >= 0.3 is 0 Å². The molecule has 3 amide bonds. The third-order valence-electron chi connectivity index (χ3n) is 5.38. The number of aromatic nitrogens is 1. The third-order valence-corrected chi connectivity index (χ3v) is 6.32. The molecule has 0 aliphatic rings. The number of carbonyl (C=O) groups is 3. The molecule has 7 nitrogen and oxygen atoms in total. The van der Waals surface area contributed by atoms with Crippen molar-refractivity contribution in [2.45, 2.75) is 33.2 Å². The number of nitrogens with one attached hydrogen (secondary N) is 3. The van der Waals surface area contributed by atoms with Crippen molar-refractivity contribution in [1.29, 1.82) is 0 Å². The van der Waals surface area contributed by atoms with Crippen LogP contribution in [-0.2, 0) is 20.8 Å². The van der Waals surface area contributed by atoms with Crippen LogP contribution < -0.4 is 16.0 Å². The van der Waals surface area contributed by atoms with Gasteiger partial charge in [0, 0.05) is 12.6 Å². The lowest BCUT2D eigenvalue weighted by Gasteiger charge is -2.21. The standard InChI is InChI=1S/C26H26N4O3S/c1-15(2)24(29-23(32)13-17-8-9-18-6-4-5-7-19(18)12-17)25(33)30-26-28-21-11-10-20(27-16(3)31)14-22(21)34-26/h4-12,14-15,24H,13H2,1-3H3,(H,27,31)(H,29,32)(H,28,30,33). The van der Waals surface area contributed by atoms with Crippen LogP contribution >= 0.6 is 11.3 Å². The van der Waals surface area contributed by atoms with Gasteiger partial charge in [0.25, 0.3) is 0 Å². The Morgan fingerprint density at radius 1 is 0.941 bits per heavy atom. The van der Waals surface area contributed by atoms with Crippen molar-refractivity contribution in [3.8, 4) is 0 Å². The third kappa shape index (κ3) is 5.58. The van der Waals surface area contributed by atoms with Crippen LogP contribution in [0, 0.1) is 5.92 Å². The highest BCUT2D eigenvalue weighted by Crippen LogP contribution is 2.28. The van der Waals surface area contributed by atoms with Gasteiger partial charge in [-0.25, -0.2) is 4.98 Å². The lowest BCUT2D eigenvalue weighted by atomic mass is 10.0. The number of benzene rings is 3. The highest BCUT2D eigenvalue weighted by Gasteiger charge is 2.25. The molecule has 1 atom stereocenters. The van der Waals surface area contributed by atoms with Gasteiger partial charge in [-0.3, -0.25) is 14.4 Å². The van der Waals surface area contributed by atoms with Crippen LogP contribution in [0.5, 0.6) is 0 Å². The van der Waals surface area contributed by atoms with Crippen LogP contribution in [0.4, 0.5) is 10.8 Å². The first-order chi connectivity index (χ1) is 16.3. The minimum absolute atomic E-state index is 0.110. The Bertz CT molecular complexity index is 1380. The largest absolute Gasteiger partial charge is 0.344 e. The van der Waals surface area contributed by atoms with Crippen molar-refractivity contribution in [3.63, 3.8) is 0 Å². The number of anilines is 2. The molecule has 1 unspecified atom stereocenters. The smallest absolute Gasteiger partial charge is 0.248 e. The number of rotatable bonds is 7. The fourth-order valence-corrected chi connectivity index (χ4v) is 4.64. The molecule has 0 spiro atoms. The molecule has 0 fully saturated rings. The van der Waals surface area contributed by atoms with E-state index in [2.05, 4.69) is 20.9 Å².